The molecule has 0 spiro atoms. The van der Waals surface area contributed by atoms with Crippen LogP contribution in [0.3, 0.4) is 0 Å². The molecule has 2 N–H and O–H groups in total. The highest BCUT2D eigenvalue weighted by Crippen LogP contribution is 2.24. The summed E-state index contributed by atoms with van der Waals surface area (Å²) < 4.78 is 21.0. The van der Waals surface area contributed by atoms with Gasteiger partial charge in [-0.1, -0.05) is 0 Å². The first-order valence-corrected chi connectivity index (χ1v) is 5.67. The maximum atomic E-state index is 13.6. The summed E-state index contributed by atoms with van der Waals surface area (Å²) >= 11 is 0. The Balaban J connectivity index is 2.57. The lowest BCUT2D eigenvalue weighted by molar-refractivity contribution is 0.324. The average Bonchev–Trinajstić information content (AvgIpc) is 2.71. The molecule has 1 aromatic heterocycles. The second-order valence-corrected chi connectivity index (χ2v) is 4.00. The van der Waals surface area contributed by atoms with Gasteiger partial charge < -0.3 is 10.5 Å². The van der Waals surface area contributed by atoms with Crippen molar-refractivity contribution in [3.8, 4) is 11.4 Å². The van der Waals surface area contributed by atoms with Crippen LogP contribution in [0.4, 0.5) is 4.39 Å². The Kier molecular flexibility index (Phi) is 3.61. The quantitative estimate of drug-likeness (QED) is 0.825. The van der Waals surface area contributed by atoms with Crippen LogP contribution in [0.25, 0.3) is 5.69 Å². The predicted molar refractivity (Wildman–Crippen MR) is 65.8 cm³/mol. The molecule has 0 aliphatic rings. The summed E-state index contributed by atoms with van der Waals surface area (Å²) in [5, 5.41) is 7.32. The van der Waals surface area contributed by atoms with E-state index < -0.39 is 11.5 Å². The minimum Gasteiger partial charge on any atom is -0.490 e. The van der Waals surface area contributed by atoms with Crippen LogP contribution in [0.2, 0.25) is 0 Å². The first kappa shape index (κ1) is 13.2. The molecule has 0 unspecified atom stereocenters. The van der Waals surface area contributed by atoms with Gasteiger partial charge >= 0.3 is 5.69 Å². The Morgan fingerprint density at radius 1 is 1.42 bits per heavy atom. The average molecular weight is 267 g/mol. The van der Waals surface area contributed by atoms with E-state index in [0.29, 0.717) is 11.3 Å². The maximum absolute atomic E-state index is 13.6. The highest BCUT2D eigenvalue weighted by Gasteiger charge is 2.15. The van der Waals surface area contributed by atoms with Crippen molar-refractivity contribution in [2.75, 3.05) is 13.2 Å². The molecule has 0 radical (unpaired) electrons. The van der Waals surface area contributed by atoms with Crippen molar-refractivity contribution in [1.29, 1.82) is 0 Å². The van der Waals surface area contributed by atoms with Crippen LogP contribution in [0.15, 0.2) is 16.9 Å². The van der Waals surface area contributed by atoms with Crippen LogP contribution in [-0.2, 0) is 7.05 Å². The van der Waals surface area contributed by atoms with Gasteiger partial charge in [0.2, 0.25) is 0 Å². The van der Waals surface area contributed by atoms with Crippen molar-refractivity contribution in [2.45, 2.75) is 6.92 Å². The van der Waals surface area contributed by atoms with Gasteiger partial charge in [-0.2, -0.15) is 9.36 Å². The zero-order valence-electron chi connectivity index (χ0n) is 10.6. The van der Waals surface area contributed by atoms with E-state index in [1.807, 2.05) is 0 Å². The van der Waals surface area contributed by atoms with Crippen molar-refractivity contribution in [3.05, 3.63) is 34.0 Å². The summed E-state index contributed by atoms with van der Waals surface area (Å²) in [6.07, 6.45) is 0. The summed E-state index contributed by atoms with van der Waals surface area (Å²) in [7, 11) is 1.47. The largest absolute Gasteiger partial charge is 0.490 e. The molecule has 1 heterocycles. The van der Waals surface area contributed by atoms with E-state index in [1.165, 1.54) is 19.2 Å². The summed E-state index contributed by atoms with van der Waals surface area (Å²) in [4.78, 5) is 11.8. The van der Waals surface area contributed by atoms with Crippen LogP contribution < -0.4 is 16.2 Å². The highest BCUT2D eigenvalue weighted by molar-refractivity contribution is 5.48. The normalized spacial score (nSPS) is 10.7. The third-order valence-electron chi connectivity index (χ3n) is 2.57. The first-order valence-electron chi connectivity index (χ1n) is 5.67. The van der Waals surface area contributed by atoms with Gasteiger partial charge in [0.05, 0.1) is 0 Å². The van der Waals surface area contributed by atoms with Crippen molar-refractivity contribution < 1.29 is 9.13 Å². The van der Waals surface area contributed by atoms with Crippen LogP contribution in [0, 0.1) is 12.7 Å². The molecular formula is C11H14FN5O2. The molecule has 19 heavy (non-hydrogen) atoms. The number of tetrazole rings is 1. The Bertz CT molecular complexity index is 649. The summed E-state index contributed by atoms with van der Waals surface area (Å²) in [6.45, 7) is 2.09. The van der Waals surface area contributed by atoms with Crippen molar-refractivity contribution >= 4 is 0 Å². The van der Waals surface area contributed by atoms with Crippen LogP contribution in [0.1, 0.15) is 5.56 Å². The second-order valence-electron chi connectivity index (χ2n) is 4.00. The molecule has 2 rings (SSSR count). The SMILES string of the molecule is Cc1cc(-n2nnn(C)c2=O)c(OCCN)cc1F. The van der Waals surface area contributed by atoms with Gasteiger partial charge in [0, 0.05) is 19.7 Å². The fraction of sp³-hybridized carbons (Fsp3) is 0.364. The number of aromatic nitrogens is 4. The first-order chi connectivity index (χ1) is 9.04. The van der Waals surface area contributed by atoms with E-state index in [2.05, 4.69) is 10.4 Å². The van der Waals surface area contributed by atoms with Crippen molar-refractivity contribution in [2.24, 2.45) is 12.8 Å². The monoisotopic (exact) mass is 267 g/mol. The van der Waals surface area contributed by atoms with Gasteiger partial charge in [0.1, 0.15) is 23.9 Å². The smallest absolute Gasteiger partial charge is 0.368 e. The summed E-state index contributed by atoms with van der Waals surface area (Å²) in [5.41, 5.74) is 5.63. The minimum absolute atomic E-state index is 0.205. The van der Waals surface area contributed by atoms with Gasteiger partial charge in [0.15, 0.2) is 0 Å². The molecule has 2 aromatic rings. The van der Waals surface area contributed by atoms with E-state index in [-0.39, 0.29) is 18.9 Å². The number of nitrogens with zero attached hydrogens (tertiary/aromatic N) is 4. The van der Waals surface area contributed by atoms with Gasteiger partial charge in [0.25, 0.3) is 0 Å². The van der Waals surface area contributed by atoms with E-state index >= 15 is 0 Å². The van der Waals surface area contributed by atoms with E-state index in [0.717, 1.165) is 9.36 Å². The van der Waals surface area contributed by atoms with Crippen molar-refractivity contribution in [3.63, 3.8) is 0 Å². The highest BCUT2D eigenvalue weighted by atomic mass is 19.1. The molecule has 0 saturated heterocycles. The summed E-state index contributed by atoms with van der Waals surface area (Å²) in [6, 6.07) is 2.69. The molecular weight excluding hydrogens is 253 g/mol. The number of ether oxygens (including phenoxy) is 1. The summed E-state index contributed by atoms with van der Waals surface area (Å²) in [5.74, 6) is -0.219. The fourth-order valence-electron chi connectivity index (χ4n) is 1.56. The van der Waals surface area contributed by atoms with Gasteiger partial charge in [-0.3, -0.25) is 0 Å². The lowest BCUT2D eigenvalue weighted by atomic mass is 10.2. The number of halogens is 1. The standard InChI is InChI=1S/C11H14FN5O2/c1-7-5-9(17-11(18)16(2)14-15-17)10(6-8(7)12)19-4-3-13/h5-6H,3-4,13H2,1-2H3. The van der Waals surface area contributed by atoms with Gasteiger partial charge in [-0.25, -0.2) is 9.18 Å². The number of hydrogen-bond donors (Lipinski definition) is 1. The maximum Gasteiger partial charge on any atom is 0.368 e. The Morgan fingerprint density at radius 3 is 2.74 bits per heavy atom. The van der Waals surface area contributed by atoms with E-state index in [1.54, 1.807) is 6.92 Å². The predicted octanol–water partition coefficient (Wildman–Crippen LogP) is -0.249. The molecule has 0 fully saturated rings. The molecule has 0 aliphatic carbocycles. The third-order valence-corrected chi connectivity index (χ3v) is 2.57. The van der Waals surface area contributed by atoms with Gasteiger partial charge in [-0.05, 0) is 29.0 Å². The molecule has 1 aromatic carbocycles. The fourth-order valence-corrected chi connectivity index (χ4v) is 1.56. The molecule has 102 valence electrons. The number of benzene rings is 1. The molecule has 0 atom stereocenters. The third kappa shape index (κ3) is 2.48. The van der Waals surface area contributed by atoms with Crippen molar-refractivity contribution in [1.82, 2.24) is 19.8 Å². The van der Waals surface area contributed by atoms with E-state index in [9.17, 15) is 9.18 Å². The Labute approximate surface area is 108 Å². The minimum atomic E-state index is -0.441. The van der Waals surface area contributed by atoms with Crippen LogP contribution in [-0.4, -0.2) is 32.9 Å². The number of nitrogens with two attached hydrogens (primary N) is 1. The molecule has 0 saturated carbocycles. The van der Waals surface area contributed by atoms with Crippen LogP contribution in [0.5, 0.6) is 5.75 Å². The molecule has 0 aliphatic heterocycles. The van der Waals surface area contributed by atoms with Gasteiger partial charge in [-0.15, -0.1) is 0 Å². The molecule has 0 amide bonds. The Hall–Kier alpha value is -2.22. The zero-order valence-corrected chi connectivity index (χ0v) is 10.6. The number of rotatable bonds is 4. The molecule has 0 bridgehead atoms. The lowest BCUT2D eigenvalue weighted by Gasteiger charge is -2.11. The van der Waals surface area contributed by atoms with E-state index in [4.69, 9.17) is 10.5 Å². The molecule has 8 heteroatoms. The number of aryl methyl sites for hydroxylation is 2. The lowest BCUT2D eigenvalue weighted by Crippen LogP contribution is -2.23. The van der Waals surface area contributed by atoms with Crippen LogP contribution >= 0.6 is 0 Å². The second kappa shape index (κ2) is 5.19. The molecule has 7 nitrogen and oxygen atoms in total. The number of hydrogen-bond acceptors (Lipinski definition) is 5. The zero-order chi connectivity index (χ0) is 14.0. The Morgan fingerprint density at radius 2 is 2.16 bits per heavy atom. The topological polar surface area (TPSA) is 88.0 Å².